The quantitative estimate of drug-likeness (QED) is 0.824. The van der Waals surface area contributed by atoms with Crippen LogP contribution < -0.4 is 10.3 Å². The second-order valence-electron chi connectivity index (χ2n) is 3.18. The number of aromatic nitrogens is 4. The van der Waals surface area contributed by atoms with Crippen molar-refractivity contribution in [3.8, 4) is 17.4 Å². The molecule has 0 amide bonds. The maximum Gasteiger partial charge on any atom is 0.251 e. The molecule has 0 aliphatic carbocycles. The molecule has 1 N–H and O–H groups in total. The van der Waals surface area contributed by atoms with Gasteiger partial charge < -0.3 is 9.72 Å². The monoisotopic (exact) mass is 252 g/mol. The third kappa shape index (κ3) is 2.59. The van der Waals surface area contributed by atoms with Crippen LogP contribution in [-0.2, 0) is 5.88 Å². The van der Waals surface area contributed by atoms with E-state index >= 15 is 0 Å². The Balaban J connectivity index is 2.44. The lowest BCUT2D eigenvalue weighted by atomic mass is 10.3. The molecule has 0 aliphatic rings. The lowest BCUT2D eigenvalue weighted by Crippen LogP contribution is -2.10. The third-order valence-electron chi connectivity index (χ3n) is 2.02. The van der Waals surface area contributed by atoms with E-state index in [0.717, 1.165) is 0 Å². The van der Waals surface area contributed by atoms with Crippen LogP contribution in [-0.4, -0.2) is 27.3 Å². The summed E-state index contributed by atoms with van der Waals surface area (Å²) in [5, 5.41) is 7.68. The molecule has 6 nitrogen and oxygen atoms in total. The molecule has 0 aromatic carbocycles. The van der Waals surface area contributed by atoms with Gasteiger partial charge in [0.05, 0.1) is 18.7 Å². The van der Waals surface area contributed by atoms with Gasteiger partial charge in [0.25, 0.3) is 5.56 Å². The lowest BCUT2D eigenvalue weighted by Gasteiger charge is -2.02. The first-order valence-corrected chi connectivity index (χ1v) is 5.30. The minimum atomic E-state index is -0.275. The zero-order valence-electron chi connectivity index (χ0n) is 8.98. The number of alkyl halides is 1. The normalized spacial score (nSPS) is 10.2. The van der Waals surface area contributed by atoms with Crippen LogP contribution in [0.4, 0.5) is 0 Å². The van der Waals surface area contributed by atoms with E-state index in [1.807, 2.05) is 0 Å². The topological polar surface area (TPSA) is 80.8 Å². The number of hydrogen-bond acceptors (Lipinski definition) is 5. The Morgan fingerprint density at radius 1 is 1.41 bits per heavy atom. The molecule has 0 spiro atoms. The Labute approximate surface area is 102 Å². The summed E-state index contributed by atoms with van der Waals surface area (Å²) in [6.45, 7) is 0. The van der Waals surface area contributed by atoms with Crippen LogP contribution in [0.15, 0.2) is 23.0 Å². The SMILES string of the molecule is COc1ccc(-c2nc(CCl)cc(=O)[nH]2)nn1. The maximum absolute atomic E-state index is 11.3. The second kappa shape index (κ2) is 4.92. The van der Waals surface area contributed by atoms with Gasteiger partial charge in [-0.1, -0.05) is 0 Å². The van der Waals surface area contributed by atoms with E-state index in [-0.39, 0.29) is 11.4 Å². The molecule has 0 saturated carbocycles. The van der Waals surface area contributed by atoms with Crippen LogP contribution in [0.2, 0.25) is 0 Å². The van der Waals surface area contributed by atoms with E-state index in [9.17, 15) is 4.79 Å². The number of aromatic amines is 1. The summed E-state index contributed by atoms with van der Waals surface area (Å²) in [5.74, 6) is 0.897. The van der Waals surface area contributed by atoms with Crippen molar-refractivity contribution >= 4 is 11.6 Å². The number of ether oxygens (including phenoxy) is 1. The first kappa shape index (κ1) is 11.5. The number of nitrogens with zero attached hydrogens (tertiary/aromatic N) is 3. The standard InChI is InChI=1S/C10H9ClN4O2/c1-17-9-3-2-7(14-15-9)10-12-6(5-11)4-8(16)13-10/h2-4H,5H2,1H3,(H,12,13,16). The molecule has 0 aliphatic heterocycles. The molecule has 2 aromatic heterocycles. The van der Waals surface area contributed by atoms with Crippen LogP contribution >= 0.6 is 11.6 Å². The smallest absolute Gasteiger partial charge is 0.251 e. The van der Waals surface area contributed by atoms with Crippen LogP contribution in [0.3, 0.4) is 0 Å². The fraction of sp³-hybridized carbons (Fsp3) is 0.200. The molecule has 2 aromatic rings. The lowest BCUT2D eigenvalue weighted by molar-refractivity contribution is 0.392. The van der Waals surface area contributed by atoms with Crippen molar-refractivity contribution in [2.24, 2.45) is 0 Å². The van der Waals surface area contributed by atoms with Crippen molar-refractivity contribution < 1.29 is 4.74 Å². The van der Waals surface area contributed by atoms with Crippen molar-refractivity contribution in [3.05, 3.63) is 34.2 Å². The van der Waals surface area contributed by atoms with Gasteiger partial charge in [-0.2, -0.15) is 0 Å². The van der Waals surface area contributed by atoms with Gasteiger partial charge in [0.2, 0.25) is 5.88 Å². The summed E-state index contributed by atoms with van der Waals surface area (Å²) in [6, 6.07) is 4.63. The molecule has 0 saturated heterocycles. The van der Waals surface area contributed by atoms with Gasteiger partial charge in [0, 0.05) is 12.1 Å². The number of hydrogen-bond donors (Lipinski definition) is 1. The Hall–Kier alpha value is -1.95. The molecule has 7 heteroatoms. The Morgan fingerprint density at radius 2 is 2.24 bits per heavy atom. The molecular formula is C10H9ClN4O2. The highest BCUT2D eigenvalue weighted by molar-refractivity contribution is 6.16. The predicted molar refractivity (Wildman–Crippen MR) is 62.0 cm³/mol. The molecule has 2 rings (SSSR count). The molecule has 17 heavy (non-hydrogen) atoms. The number of H-pyrrole nitrogens is 1. The second-order valence-corrected chi connectivity index (χ2v) is 3.45. The van der Waals surface area contributed by atoms with Crippen LogP contribution in [0.1, 0.15) is 5.69 Å². The van der Waals surface area contributed by atoms with E-state index in [0.29, 0.717) is 23.1 Å². The summed E-state index contributed by atoms with van der Waals surface area (Å²) in [6.07, 6.45) is 0. The fourth-order valence-electron chi connectivity index (χ4n) is 1.25. The zero-order valence-corrected chi connectivity index (χ0v) is 9.73. The molecule has 88 valence electrons. The summed E-state index contributed by atoms with van der Waals surface area (Å²) in [7, 11) is 1.50. The first-order valence-electron chi connectivity index (χ1n) is 4.77. The average Bonchev–Trinajstić information content (AvgIpc) is 2.38. The summed E-state index contributed by atoms with van der Waals surface area (Å²) in [4.78, 5) is 18.1. The van der Waals surface area contributed by atoms with E-state index < -0.39 is 0 Å². The minimum absolute atomic E-state index is 0.167. The van der Waals surface area contributed by atoms with Gasteiger partial charge in [-0.3, -0.25) is 4.79 Å². The minimum Gasteiger partial charge on any atom is -0.480 e. The summed E-state index contributed by atoms with van der Waals surface area (Å²) < 4.78 is 4.89. The summed E-state index contributed by atoms with van der Waals surface area (Å²) >= 11 is 5.63. The number of nitrogens with one attached hydrogen (secondary N) is 1. The highest BCUT2D eigenvalue weighted by atomic mass is 35.5. The van der Waals surface area contributed by atoms with Crippen LogP contribution in [0.25, 0.3) is 11.5 Å². The van der Waals surface area contributed by atoms with Gasteiger partial charge in [0.1, 0.15) is 5.69 Å². The molecular weight excluding hydrogens is 244 g/mol. The first-order chi connectivity index (χ1) is 8.22. The van der Waals surface area contributed by atoms with Crippen LogP contribution in [0, 0.1) is 0 Å². The predicted octanol–water partition coefficient (Wildman–Crippen LogP) is 0.974. The number of rotatable bonds is 3. The summed E-state index contributed by atoms with van der Waals surface area (Å²) in [5.41, 5.74) is 0.668. The van der Waals surface area contributed by atoms with Crippen molar-refractivity contribution in [2.45, 2.75) is 5.88 Å². The highest BCUT2D eigenvalue weighted by Gasteiger charge is 2.06. The fourth-order valence-corrected chi connectivity index (χ4v) is 1.39. The Kier molecular flexibility index (Phi) is 3.34. The number of methoxy groups -OCH3 is 1. The Morgan fingerprint density at radius 3 is 2.82 bits per heavy atom. The van der Waals surface area contributed by atoms with Gasteiger partial charge >= 0.3 is 0 Å². The molecule has 0 bridgehead atoms. The van der Waals surface area contributed by atoms with E-state index in [2.05, 4.69) is 20.2 Å². The van der Waals surface area contributed by atoms with Gasteiger partial charge in [0.15, 0.2) is 5.82 Å². The van der Waals surface area contributed by atoms with E-state index in [4.69, 9.17) is 16.3 Å². The molecule has 0 fully saturated rings. The van der Waals surface area contributed by atoms with E-state index in [1.54, 1.807) is 12.1 Å². The van der Waals surface area contributed by atoms with E-state index in [1.165, 1.54) is 13.2 Å². The molecule has 0 atom stereocenters. The molecule has 0 unspecified atom stereocenters. The maximum atomic E-state index is 11.3. The van der Waals surface area contributed by atoms with Crippen LogP contribution in [0.5, 0.6) is 5.88 Å². The number of halogens is 1. The van der Waals surface area contributed by atoms with Gasteiger partial charge in [-0.05, 0) is 6.07 Å². The van der Waals surface area contributed by atoms with Gasteiger partial charge in [-0.15, -0.1) is 21.8 Å². The van der Waals surface area contributed by atoms with Crippen molar-refractivity contribution in [1.82, 2.24) is 20.2 Å². The van der Waals surface area contributed by atoms with Crippen molar-refractivity contribution in [3.63, 3.8) is 0 Å². The Bertz CT molecular complexity index is 567. The molecule has 2 heterocycles. The molecule has 0 radical (unpaired) electrons. The third-order valence-corrected chi connectivity index (χ3v) is 2.30. The largest absolute Gasteiger partial charge is 0.480 e. The highest BCUT2D eigenvalue weighted by Crippen LogP contribution is 2.12. The van der Waals surface area contributed by atoms with Crippen molar-refractivity contribution in [2.75, 3.05) is 7.11 Å². The van der Waals surface area contributed by atoms with Crippen molar-refractivity contribution in [1.29, 1.82) is 0 Å². The average molecular weight is 253 g/mol. The van der Waals surface area contributed by atoms with Gasteiger partial charge in [-0.25, -0.2) is 4.98 Å². The zero-order chi connectivity index (χ0) is 12.3.